The summed E-state index contributed by atoms with van der Waals surface area (Å²) in [6, 6.07) is 5.36. The third kappa shape index (κ3) is 5.02. The monoisotopic (exact) mass is 566 g/mol. The summed E-state index contributed by atoms with van der Waals surface area (Å²) in [5.41, 5.74) is -0.102. The maximum Gasteiger partial charge on any atom is 0.260 e. The molecule has 1 unspecified atom stereocenters. The lowest BCUT2D eigenvalue weighted by Crippen LogP contribution is -2.60. The fourth-order valence-corrected chi connectivity index (χ4v) is 7.73. The van der Waals surface area contributed by atoms with Gasteiger partial charge in [0.25, 0.3) is 11.8 Å². The van der Waals surface area contributed by atoms with Crippen LogP contribution in [0.3, 0.4) is 0 Å². The number of fused-ring (bicyclic) bond motifs is 1. The number of amides is 4. The Morgan fingerprint density at radius 3 is 2.46 bits per heavy atom. The van der Waals surface area contributed by atoms with E-state index < -0.39 is 17.6 Å². The van der Waals surface area contributed by atoms with Gasteiger partial charge in [0.05, 0.1) is 0 Å². The first-order valence-electron chi connectivity index (χ1n) is 15.5. The van der Waals surface area contributed by atoms with E-state index in [0.717, 1.165) is 56.5 Å². The van der Waals surface area contributed by atoms with Crippen molar-refractivity contribution in [2.45, 2.75) is 94.6 Å². The first-order valence-corrected chi connectivity index (χ1v) is 15.5. The molecule has 0 radical (unpaired) electrons. The summed E-state index contributed by atoms with van der Waals surface area (Å²) in [5.74, 6) is 0.830. The van der Waals surface area contributed by atoms with Gasteiger partial charge in [-0.1, -0.05) is 6.42 Å². The molecule has 2 saturated carbocycles. The van der Waals surface area contributed by atoms with E-state index in [1.807, 2.05) is 18.2 Å². The van der Waals surface area contributed by atoms with Crippen LogP contribution < -0.4 is 10.1 Å². The zero-order valence-corrected chi connectivity index (χ0v) is 23.5. The minimum absolute atomic E-state index is 0.0878. The fraction of sp³-hybridized carbons (Fsp3) is 0.677. The topological polar surface area (TPSA) is 99.3 Å². The summed E-state index contributed by atoms with van der Waals surface area (Å²) in [7, 11) is 0. The largest absolute Gasteiger partial charge is 0.489 e. The molecule has 1 aromatic rings. The lowest BCUT2D eigenvalue weighted by atomic mass is 9.77. The minimum Gasteiger partial charge on any atom is -0.489 e. The molecule has 6 aliphatic rings. The van der Waals surface area contributed by atoms with Crippen LogP contribution in [0.2, 0.25) is 0 Å². The highest BCUT2D eigenvalue weighted by Gasteiger charge is 2.53. The number of piperidine rings is 2. The standard InChI is InChI=1S/C31H39FN4O5/c32-31(11-12-31)30(40)34-13-9-19(10-14-34)21-16-35(17-21)24-3-1-2-4-26(24)41-22-5-6-23-20(15-22)18-36(29(23)39)25-7-8-27(37)33-28(25)38/h5-6,15,19,21,24-26H,1-4,7-14,16-18H2,(H,33,37,38)/t24-,25?,26-/m0/s1. The summed E-state index contributed by atoms with van der Waals surface area (Å²) < 4.78 is 20.8. The predicted molar refractivity (Wildman–Crippen MR) is 147 cm³/mol. The molecule has 4 heterocycles. The van der Waals surface area contributed by atoms with Gasteiger partial charge >= 0.3 is 0 Å². The molecular weight excluding hydrogens is 527 g/mol. The highest BCUT2D eigenvalue weighted by atomic mass is 19.1. The van der Waals surface area contributed by atoms with Crippen LogP contribution in [0.5, 0.6) is 5.75 Å². The van der Waals surface area contributed by atoms with E-state index in [9.17, 15) is 23.6 Å². The molecule has 1 aromatic carbocycles. The van der Waals surface area contributed by atoms with Crippen LogP contribution in [0.4, 0.5) is 4.39 Å². The summed E-state index contributed by atoms with van der Waals surface area (Å²) in [6.07, 6.45) is 7.81. The van der Waals surface area contributed by atoms with Gasteiger partial charge in [0, 0.05) is 50.7 Å². The summed E-state index contributed by atoms with van der Waals surface area (Å²) in [5, 5.41) is 2.35. The number of hydrogen-bond acceptors (Lipinski definition) is 6. The zero-order valence-electron chi connectivity index (χ0n) is 23.5. The minimum atomic E-state index is -1.56. The lowest BCUT2D eigenvalue weighted by molar-refractivity contribution is -0.140. The molecule has 3 atom stereocenters. The number of halogens is 1. The maximum atomic E-state index is 14.2. The second-order valence-corrected chi connectivity index (χ2v) is 13.0. The average molecular weight is 567 g/mol. The van der Waals surface area contributed by atoms with Crippen molar-refractivity contribution in [3.63, 3.8) is 0 Å². The molecule has 9 nitrogen and oxygen atoms in total. The number of carbonyl (C=O) groups excluding carboxylic acids is 4. The molecule has 7 rings (SSSR count). The average Bonchev–Trinajstić information content (AvgIpc) is 3.62. The van der Waals surface area contributed by atoms with Crippen LogP contribution in [-0.2, 0) is 20.9 Å². The molecule has 41 heavy (non-hydrogen) atoms. The SMILES string of the molecule is O=C1CCC(N2Cc3cc(O[C@H]4CCCC[C@@H]4N4CC(C5CCN(C(=O)C6(F)CC6)CC5)C4)ccc3C2=O)C(=O)N1. The maximum absolute atomic E-state index is 14.2. The van der Waals surface area contributed by atoms with Crippen LogP contribution in [-0.4, -0.2) is 88.4 Å². The van der Waals surface area contributed by atoms with Gasteiger partial charge in [-0.2, -0.15) is 0 Å². The second kappa shape index (κ2) is 10.4. The highest BCUT2D eigenvalue weighted by Crippen LogP contribution is 2.43. The van der Waals surface area contributed by atoms with Crippen molar-refractivity contribution in [2.75, 3.05) is 26.2 Å². The molecule has 2 aliphatic carbocycles. The Labute approximate surface area is 239 Å². The molecule has 4 amide bonds. The van der Waals surface area contributed by atoms with Crippen molar-refractivity contribution in [1.29, 1.82) is 0 Å². The third-order valence-corrected chi connectivity index (χ3v) is 10.4. The first-order chi connectivity index (χ1) is 19.8. The highest BCUT2D eigenvalue weighted by molar-refractivity contribution is 6.05. The molecule has 0 aromatic heterocycles. The number of rotatable bonds is 6. The van der Waals surface area contributed by atoms with Crippen LogP contribution in [0.25, 0.3) is 0 Å². The van der Waals surface area contributed by atoms with E-state index in [1.165, 1.54) is 6.42 Å². The molecule has 0 spiro atoms. The number of nitrogens with one attached hydrogen (secondary N) is 1. The lowest BCUT2D eigenvalue weighted by Gasteiger charge is -2.51. The van der Waals surface area contributed by atoms with Gasteiger partial charge in [0.2, 0.25) is 11.8 Å². The number of ether oxygens (including phenoxy) is 1. The molecule has 4 aliphatic heterocycles. The number of likely N-dealkylation sites (tertiary alicyclic amines) is 2. The normalized spacial score (nSPS) is 30.6. The van der Waals surface area contributed by atoms with E-state index in [4.69, 9.17) is 4.74 Å². The van der Waals surface area contributed by atoms with Gasteiger partial charge < -0.3 is 14.5 Å². The molecule has 1 N–H and O–H groups in total. The predicted octanol–water partition coefficient (Wildman–Crippen LogP) is 2.81. The number of nitrogens with zero attached hydrogens (tertiary/aromatic N) is 3. The number of carbonyl (C=O) groups is 4. The Bertz CT molecular complexity index is 1250. The number of benzene rings is 1. The van der Waals surface area contributed by atoms with Crippen LogP contribution in [0.15, 0.2) is 18.2 Å². The summed E-state index contributed by atoms with van der Waals surface area (Å²) in [6.45, 7) is 3.81. The smallest absolute Gasteiger partial charge is 0.260 e. The zero-order chi connectivity index (χ0) is 28.3. The van der Waals surface area contributed by atoms with Gasteiger partial charge in [-0.3, -0.25) is 29.4 Å². The molecule has 220 valence electrons. The molecule has 5 fully saturated rings. The van der Waals surface area contributed by atoms with E-state index in [1.54, 1.807) is 9.80 Å². The quantitative estimate of drug-likeness (QED) is 0.532. The van der Waals surface area contributed by atoms with Crippen LogP contribution in [0, 0.1) is 11.8 Å². The van der Waals surface area contributed by atoms with Crippen molar-refractivity contribution in [2.24, 2.45) is 11.8 Å². The van der Waals surface area contributed by atoms with Gasteiger partial charge in [-0.05, 0) is 87.0 Å². The van der Waals surface area contributed by atoms with E-state index in [2.05, 4.69) is 10.2 Å². The molecule has 0 bridgehead atoms. The van der Waals surface area contributed by atoms with Crippen molar-refractivity contribution in [1.82, 2.24) is 20.0 Å². The molecule has 3 saturated heterocycles. The van der Waals surface area contributed by atoms with Gasteiger partial charge in [-0.25, -0.2) is 4.39 Å². The van der Waals surface area contributed by atoms with E-state index in [-0.39, 0.29) is 30.2 Å². The van der Waals surface area contributed by atoms with Crippen LogP contribution in [0.1, 0.15) is 80.1 Å². The van der Waals surface area contributed by atoms with Crippen molar-refractivity contribution >= 4 is 23.6 Å². The Kier molecular flexibility index (Phi) is 6.79. The van der Waals surface area contributed by atoms with Crippen LogP contribution >= 0.6 is 0 Å². The van der Waals surface area contributed by atoms with E-state index >= 15 is 0 Å². The van der Waals surface area contributed by atoms with Gasteiger partial charge in [0.15, 0.2) is 5.67 Å². The first kappa shape index (κ1) is 26.9. The summed E-state index contributed by atoms with van der Waals surface area (Å²) >= 11 is 0. The Morgan fingerprint density at radius 1 is 0.976 bits per heavy atom. The number of alkyl halides is 1. The Hall–Kier alpha value is -3.01. The van der Waals surface area contributed by atoms with Gasteiger partial charge in [-0.15, -0.1) is 0 Å². The number of hydrogen-bond donors (Lipinski definition) is 1. The fourth-order valence-electron chi connectivity index (χ4n) is 7.73. The third-order valence-electron chi connectivity index (χ3n) is 10.4. The van der Waals surface area contributed by atoms with Crippen molar-refractivity contribution in [3.8, 4) is 5.75 Å². The summed E-state index contributed by atoms with van der Waals surface area (Å²) in [4.78, 5) is 55.2. The van der Waals surface area contributed by atoms with Crippen molar-refractivity contribution in [3.05, 3.63) is 29.3 Å². The number of imide groups is 1. The Morgan fingerprint density at radius 2 is 1.73 bits per heavy atom. The molecular formula is C31H39FN4O5. The van der Waals surface area contributed by atoms with E-state index in [0.29, 0.717) is 62.3 Å². The molecule has 10 heteroatoms. The van der Waals surface area contributed by atoms with Crippen molar-refractivity contribution < 1.29 is 28.3 Å². The van der Waals surface area contributed by atoms with Gasteiger partial charge in [0.1, 0.15) is 17.9 Å². The Balaban J connectivity index is 0.940. The second-order valence-electron chi connectivity index (χ2n) is 13.0.